The van der Waals surface area contributed by atoms with Crippen molar-refractivity contribution in [2.75, 3.05) is 6.61 Å². The van der Waals surface area contributed by atoms with Crippen LogP contribution in [0.4, 0.5) is 0 Å². The number of halogens is 1. The van der Waals surface area contributed by atoms with Gasteiger partial charge in [-0.3, -0.25) is 0 Å². The summed E-state index contributed by atoms with van der Waals surface area (Å²) >= 11 is 5.78. The van der Waals surface area contributed by atoms with Gasteiger partial charge in [-0.1, -0.05) is 24.3 Å². The van der Waals surface area contributed by atoms with Crippen LogP contribution in [0.3, 0.4) is 0 Å². The molecular weight excluding hydrogens is 186 g/mol. The Morgan fingerprint density at radius 1 is 1.62 bits per heavy atom. The topological polar surface area (TPSA) is 33.0 Å². The summed E-state index contributed by atoms with van der Waals surface area (Å²) in [6.07, 6.45) is 1.64. The molecule has 66 valence electrons. The molecule has 0 aromatic heterocycles. The van der Waals surface area contributed by atoms with E-state index in [1.54, 1.807) is 24.3 Å². The summed E-state index contributed by atoms with van der Waals surface area (Å²) in [5.74, 6) is 0.643. The van der Waals surface area contributed by atoms with Crippen LogP contribution in [0, 0.1) is 11.3 Å². The van der Waals surface area contributed by atoms with E-state index in [0.29, 0.717) is 22.9 Å². The molecule has 0 amide bonds. The number of hydrogen-bond donors (Lipinski definition) is 0. The molecule has 0 fully saturated rings. The van der Waals surface area contributed by atoms with Crippen molar-refractivity contribution in [3.05, 3.63) is 41.4 Å². The minimum atomic E-state index is 0.407. The van der Waals surface area contributed by atoms with Crippen molar-refractivity contribution in [1.29, 1.82) is 5.26 Å². The fraction of sp³-hybridized carbons (Fsp3) is 0.100. The van der Waals surface area contributed by atoms with Crippen molar-refractivity contribution in [1.82, 2.24) is 0 Å². The van der Waals surface area contributed by atoms with Gasteiger partial charge >= 0.3 is 0 Å². The van der Waals surface area contributed by atoms with E-state index in [2.05, 4.69) is 6.58 Å². The second kappa shape index (κ2) is 4.54. The molecular formula is C10H8ClNO. The molecule has 1 aromatic carbocycles. The molecule has 1 aromatic rings. The lowest BCUT2D eigenvalue weighted by Gasteiger charge is -2.03. The van der Waals surface area contributed by atoms with Crippen molar-refractivity contribution in [2.45, 2.75) is 0 Å². The van der Waals surface area contributed by atoms with Gasteiger partial charge in [0.15, 0.2) is 0 Å². The summed E-state index contributed by atoms with van der Waals surface area (Å²) in [4.78, 5) is 0. The third-order valence-corrected chi connectivity index (χ3v) is 1.74. The maximum Gasteiger partial charge on any atom is 0.121 e. The van der Waals surface area contributed by atoms with Gasteiger partial charge in [-0.25, -0.2) is 0 Å². The molecule has 0 aliphatic heterocycles. The first-order chi connectivity index (χ1) is 6.27. The standard InChI is InChI=1S/C10H8ClNO/c1-2-5-13-9-4-3-8(7-12)10(11)6-9/h2-4,6H,1,5H2. The Kier molecular flexibility index (Phi) is 3.36. The van der Waals surface area contributed by atoms with Gasteiger partial charge in [-0.05, 0) is 12.1 Å². The van der Waals surface area contributed by atoms with Gasteiger partial charge in [0, 0.05) is 6.07 Å². The van der Waals surface area contributed by atoms with Crippen LogP contribution in [0.25, 0.3) is 0 Å². The molecule has 0 saturated heterocycles. The van der Waals surface area contributed by atoms with Crippen LogP contribution in [0.1, 0.15) is 5.56 Å². The monoisotopic (exact) mass is 193 g/mol. The number of hydrogen-bond acceptors (Lipinski definition) is 2. The molecule has 0 atom stereocenters. The molecule has 0 aliphatic carbocycles. The van der Waals surface area contributed by atoms with Gasteiger partial charge in [0.1, 0.15) is 18.4 Å². The van der Waals surface area contributed by atoms with Crippen LogP contribution >= 0.6 is 11.6 Å². The van der Waals surface area contributed by atoms with E-state index in [9.17, 15) is 0 Å². The number of benzene rings is 1. The van der Waals surface area contributed by atoms with Crippen molar-refractivity contribution in [2.24, 2.45) is 0 Å². The molecule has 0 N–H and O–H groups in total. The number of nitriles is 1. The molecule has 0 saturated carbocycles. The summed E-state index contributed by atoms with van der Waals surface area (Å²) in [7, 11) is 0. The fourth-order valence-corrected chi connectivity index (χ4v) is 1.04. The van der Waals surface area contributed by atoms with E-state index in [1.807, 2.05) is 6.07 Å². The fourth-order valence-electron chi connectivity index (χ4n) is 0.831. The lowest BCUT2D eigenvalue weighted by molar-refractivity contribution is 0.363. The average Bonchev–Trinajstić information content (AvgIpc) is 2.15. The summed E-state index contributed by atoms with van der Waals surface area (Å²) in [5.41, 5.74) is 0.451. The zero-order valence-electron chi connectivity index (χ0n) is 6.96. The Balaban J connectivity index is 2.84. The second-order valence-electron chi connectivity index (χ2n) is 2.35. The van der Waals surface area contributed by atoms with E-state index in [0.717, 1.165) is 0 Å². The molecule has 0 spiro atoms. The number of ether oxygens (including phenoxy) is 1. The molecule has 0 heterocycles. The Hall–Kier alpha value is -1.46. The maximum absolute atomic E-state index is 8.59. The Bertz CT molecular complexity index is 354. The van der Waals surface area contributed by atoms with E-state index >= 15 is 0 Å². The van der Waals surface area contributed by atoms with Crippen LogP contribution in [-0.4, -0.2) is 6.61 Å². The van der Waals surface area contributed by atoms with Crippen LogP contribution in [-0.2, 0) is 0 Å². The molecule has 0 aliphatic rings. The lowest BCUT2D eigenvalue weighted by atomic mass is 10.2. The number of nitrogens with zero attached hydrogens (tertiary/aromatic N) is 1. The molecule has 1 rings (SSSR count). The SMILES string of the molecule is C=CCOc1ccc(C#N)c(Cl)c1. The van der Waals surface area contributed by atoms with Crippen molar-refractivity contribution >= 4 is 11.6 Å². The van der Waals surface area contributed by atoms with Gasteiger partial charge in [-0.15, -0.1) is 0 Å². The van der Waals surface area contributed by atoms with Gasteiger partial charge < -0.3 is 4.74 Å². The Morgan fingerprint density at radius 2 is 2.38 bits per heavy atom. The predicted molar refractivity (Wildman–Crippen MR) is 51.9 cm³/mol. The van der Waals surface area contributed by atoms with Crippen LogP contribution in [0.15, 0.2) is 30.9 Å². The van der Waals surface area contributed by atoms with Crippen LogP contribution in [0.2, 0.25) is 5.02 Å². The minimum Gasteiger partial charge on any atom is -0.490 e. The molecule has 3 heteroatoms. The third kappa shape index (κ3) is 2.50. The number of rotatable bonds is 3. The normalized spacial score (nSPS) is 8.92. The van der Waals surface area contributed by atoms with Gasteiger partial charge in [-0.2, -0.15) is 5.26 Å². The lowest BCUT2D eigenvalue weighted by Crippen LogP contribution is -1.92. The second-order valence-corrected chi connectivity index (χ2v) is 2.76. The highest BCUT2D eigenvalue weighted by Crippen LogP contribution is 2.21. The van der Waals surface area contributed by atoms with Crippen LogP contribution in [0.5, 0.6) is 5.75 Å². The molecule has 13 heavy (non-hydrogen) atoms. The van der Waals surface area contributed by atoms with Gasteiger partial charge in [0.05, 0.1) is 10.6 Å². The summed E-state index contributed by atoms with van der Waals surface area (Å²) < 4.78 is 5.22. The first kappa shape index (κ1) is 9.63. The summed E-state index contributed by atoms with van der Waals surface area (Å²) in [6, 6.07) is 6.91. The molecule has 0 radical (unpaired) electrons. The Morgan fingerprint density at radius 3 is 2.92 bits per heavy atom. The minimum absolute atomic E-state index is 0.407. The van der Waals surface area contributed by atoms with Crippen molar-refractivity contribution in [3.8, 4) is 11.8 Å². The van der Waals surface area contributed by atoms with Crippen molar-refractivity contribution in [3.63, 3.8) is 0 Å². The Labute approximate surface area is 82.0 Å². The highest BCUT2D eigenvalue weighted by atomic mass is 35.5. The zero-order valence-corrected chi connectivity index (χ0v) is 7.71. The summed E-state index contributed by atoms with van der Waals surface area (Å²) in [5, 5.41) is 9.00. The third-order valence-electron chi connectivity index (χ3n) is 1.43. The van der Waals surface area contributed by atoms with E-state index in [1.165, 1.54) is 0 Å². The van der Waals surface area contributed by atoms with Crippen molar-refractivity contribution < 1.29 is 4.74 Å². The highest BCUT2D eigenvalue weighted by Gasteiger charge is 2.00. The zero-order chi connectivity index (χ0) is 9.68. The smallest absolute Gasteiger partial charge is 0.121 e. The predicted octanol–water partition coefficient (Wildman–Crippen LogP) is 2.78. The summed E-state index contributed by atoms with van der Waals surface area (Å²) in [6.45, 7) is 3.95. The van der Waals surface area contributed by atoms with E-state index in [4.69, 9.17) is 21.6 Å². The van der Waals surface area contributed by atoms with Gasteiger partial charge in [0.2, 0.25) is 0 Å². The van der Waals surface area contributed by atoms with Crippen LogP contribution < -0.4 is 4.74 Å². The quantitative estimate of drug-likeness (QED) is 0.692. The maximum atomic E-state index is 8.59. The van der Waals surface area contributed by atoms with E-state index in [-0.39, 0.29) is 0 Å². The molecule has 2 nitrogen and oxygen atoms in total. The first-order valence-corrected chi connectivity index (χ1v) is 4.09. The molecule has 0 unspecified atom stereocenters. The average molecular weight is 194 g/mol. The largest absolute Gasteiger partial charge is 0.490 e. The highest BCUT2D eigenvalue weighted by molar-refractivity contribution is 6.31. The molecule has 0 bridgehead atoms. The first-order valence-electron chi connectivity index (χ1n) is 3.71. The van der Waals surface area contributed by atoms with Gasteiger partial charge in [0.25, 0.3) is 0 Å². The van der Waals surface area contributed by atoms with E-state index < -0.39 is 0 Å².